The first kappa shape index (κ1) is 37.7. The Hall–Kier alpha value is -8.28. The molecule has 0 bridgehead atoms. The van der Waals surface area contributed by atoms with Crippen molar-refractivity contribution >= 4 is 0 Å². The van der Waals surface area contributed by atoms with Crippen molar-refractivity contribution in [3.8, 4) is 84.4 Å². The molecular formula is C58H38FN3O. The molecule has 1 aliphatic heterocycles. The van der Waals surface area contributed by atoms with Gasteiger partial charge < -0.3 is 4.74 Å². The van der Waals surface area contributed by atoms with Gasteiger partial charge in [-0.15, -0.1) is 0 Å². The molecule has 1 aliphatic rings. The number of aromatic nitrogens is 3. The molecule has 5 heteroatoms. The highest BCUT2D eigenvalue weighted by molar-refractivity contribution is 5.84. The summed E-state index contributed by atoms with van der Waals surface area (Å²) in [6.45, 7) is 0. The van der Waals surface area contributed by atoms with Crippen LogP contribution >= 0.6 is 0 Å². The molecule has 0 aliphatic carbocycles. The second kappa shape index (κ2) is 16.0. The van der Waals surface area contributed by atoms with Crippen LogP contribution in [0.2, 0.25) is 0 Å². The molecule has 0 fully saturated rings. The molecule has 9 aromatic carbocycles. The average molecular weight is 812 g/mol. The molecule has 10 aromatic rings. The van der Waals surface area contributed by atoms with Gasteiger partial charge in [-0.25, -0.2) is 19.3 Å². The van der Waals surface area contributed by atoms with Crippen LogP contribution < -0.4 is 4.74 Å². The minimum absolute atomic E-state index is 0.267. The topological polar surface area (TPSA) is 47.9 Å². The number of hydrogen-bond donors (Lipinski definition) is 0. The lowest BCUT2D eigenvalue weighted by Gasteiger charge is -2.41. The normalized spacial score (nSPS) is 12.5. The fraction of sp³-hybridized carbons (Fsp3) is 0.0172. The molecule has 11 rings (SSSR count). The number of halogens is 1. The Bertz CT molecular complexity index is 3130. The number of fused-ring (bicyclic) bond motifs is 3. The maximum Gasteiger partial charge on any atom is 0.185 e. The van der Waals surface area contributed by atoms with Crippen molar-refractivity contribution in [1.29, 1.82) is 0 Å². The Balaban J connectivity index is 1.09. The van der Waals surface area contributed by atoms with Gasteiger partial charge in [-0.3, -0.25) is 0 Å². The van der Waals surface area contributed by atoms with Crippen LogP contribution in [0.4, 0.5) is 4.39 Å². The third kappa shape index (κ3) is 7.05. The maximum atomic E-state index is 13.8. The van der Waals surface area contributed by atoms with Crippen LogP contribution in [0.5, 0.6) is 5.75 Å². The standard InChI is InChI=1S/C58H38FN3O/c59-50-32-29-42(30-33-50)41-25-27-43(28-26-41)55-60-56(62-57(61-55)47-36-45(39-15-5-1-6-16-39)35-46(37-47)40-17-7-2-8-18-40)44-31-34-54-52(38-44)51-23-13-14-24-53(51)58(63-54,48-19-9-3-10-20-48)49-21-11-4-12-22-49/h1-38H. The predicted molar refractivity (Wildman–Crippen MR) is 251 cm³/mol. The van der Waals surface area contributed by atoms with Crippen LogP contribution in [0.3, 0.4) is 0 Å². The summed E-state index contributed by atoms with van der Waals surface area (Å²) in [7, 11) is 0. The minimum Gasteiger partial charge on any atom is -0.472 e. The van der Waals surface area contributed by atoms with E-state index in [4.69, 9.17) is 19.7 Å². The first-order valence-electron chi connectivity index (χ1n) is 21.0. The molecule has 0 N–H and O–H groups in total. The summed E-state index contributed by atoms with van der Waals surface area (Å²) in [4.78, 5) is 15.7. The molecule has 0 atom stereocenters. The summed E-state index contributed by atoms with van der Waals surface area (Å²) < 4.78 is 21.1. The quantitative estimate of drug-likeness (QED) is 0.153. The molecule has 4 nitrogen and oxygen atoms in total. The van der Waals surface area contributed by atoms with E-state index in [9.17, 15) is 4.39 Å². The van der Waals surface area contributed by atoms with Gasteiger partial charge in [0.25, 0.3) is 0 Å². The highest BCUT2D eigenvalue weighted by Gasteiger charge is 2.44. The van der Waals surface area contributed by atoms with Crippen molar-refractivity contribution in [2.75, 3.05) is 0 Å². The van der Waals surface area contributed by atoms with Crippen LogP contribution in [-0.4, -0.2) is 15.0 Å². The number of hydrogen-bond acceptors (Lipinski definition) is 4. The second-order valence-electron chi connectivity index (χ2n) is 15.7. The van der Waals surface area contributed by atoms with Crippen molar-refractivity contribution in [3.05, 3.63) is 253 Å². The average Bonchev–Trinajstić information content (AvgIpc) is 3.37. The Morgan fingerprint density at radius 1 is 0.317 bits per heavy atom. The van der Waals surface area contributed by atoms with E-state index >= 15 is 0 Å². The number of ether oxygens (including phenoxy) is 1. The molecule has 0 unspecified atom stereocenters. The zero-order chi connectivity index (χ0) is 42.2. The van der Waals surface area contributed by atoms with Gasteiger partial charge in [0.2, 0.25) is 0 Å². The van der Waals surface area contributed by atoms with Crippen molar-refractivity contribution in [3.63, 3.8) is 0 Å². The number of rotatable bonds is 8. The van der Waals surface area contributed by atoms with Crippen LogP contribution in [0.15, 0.2) is 231 Å². The van der Waals surface area contributed by atoms with Gasteiger partial charge in [0.05, 0.1) is 0 Å². The molecule has 0 spiro atoms. The smallest absolute Gasteiger partial charge is 0.185 e. The Morgan fingerprint density at radius 2 is 0.730 bits per heavy atom. The molecular weight excluding hydrogens is 774 g/mol. The van der Waals surface area contributed by atoms with Gasteiger partial charge in [0, 0.05) is 38.9 Å². The van der Waals surface area contributed by atoms with Crippen LogP contribution in [-0.2, 0) is 5.60 Å². The van der Waals surface area contributed by atoms with Gasteiger partial charge in [-0.2, -0.15) is 0 Å². The monoisotopic (exact) mass is 811 g/mol. The number of nitrogens with zero attached hydrogens (tertiary/aromatic N) is 3. The zero-order valence-electron chi connectivity index (χ0n) is 34.1. The van der Waals surface area contributed by atoms with Gasteiger partial charge in [0.15, 0.2) is 23.1 Å². The fourth-order valence-electron chi connectivity index (χ4n) is 8.72. The van der Waals surface area contributed by atoms with E-state index in [1.54, 1.807) is 12.1 Å². The Morgan fingerprint density at radius 3 is 1.30 bits per heavy atom. The highest BCUT2D eigenvalue weighted by atomic mass is 19.1. The second-order valence-corrected chi connectivity index (χ2v) is 15.7. The van der Waals surface area contributed by atoms with Crippen molar-refractivity contribution in [1.82, 2.24) is 15.0 Å². The van der Waals surface area contributed by atoms with E-state index in [2.05, 4.69) is 146 Å². The lowest BCUT2D eigenvalue weighted by atomic mass is 9.75. The largest absolute Gasteiger partial charge is 0.472 e. The minimum atomic E-state index is -0.874. The van der Waals surface area contributed by atoms with Crippen molar-refractivity contribution < 1.29 is 9.13 Å². The van der Waals surface area contributed by atoms with E-state index in [1.165, 1.54) is 12.1 Å². The van der Waals surface area contributed by atoms with Gasteiger partial charge in [0.1, 0.15) is 11.6 Å². The summed E-state index contributed by atoms with van der Waals surface area (Å²) in [5.74, 6) is 2.12. The third-order valence-corrected chi connectivity index (χ3v) is 11.8. The van der Waals surface area contributed by atoms with E-state index in [-0.39, 0.29) is 5.82 Å². The molecule has 0 amide bonds. The lowest BCUT2D eigenvalue weighted by Crippen LogP contribution is -2.38. The molecule has 298 valence electrons. The van der Waals surface area contributed by atoms with E-state index in [0.717, 1.165) is 83.6 Å². The van der Waals surface area contributed by atoms with Crippen LogP contribution in [0.25, 0.3) is 78.7 Å². The summed E-state index contributed by atoms with van der Waals surface area (Å²) in [5, 5.41) is 0. The number of benzene rings is 9. The summed E-state index contributed by atoms with van der Waals surface area (Å²) >= 11 is 0. The molecule has 2 heterocycles. The first-order valence-corrected chi connectivity index (χ1v) is 21.0. The molecule has 0 saturated heterocycles. The molecule has 63 heavy (non-hydrogen) atoms. The van der Waals surface area contributed by atoms with Gasteiger partial charge in [-0.1, -0.05) is 182 Å². The van der Waals surface area contributed by atoms with E-state index in [1.807, 2.05) is 60.7 Å². The third-order valence-electron chi connectivity index (χ3n) is 11.8. The predicted octanol–water partition coefficient (Wildman–Crippen LogP) is 14.4. The SMILES string of the molecule is Fc1ccc(-c2ccc(-c3nc(-c4cc(-c5ccccc5)cc(-c5ccccc5)c4)nc(-c4ccc5c(c4)-c4ccccc4C(c4ccccc4)(c4ccccc4)O5)n3)cc2)cc1. The lowest BCUT2D eigenvalue weighted by molar-refractivity contribution is 0.152. The molecule has 0 saturated carbocycles. The van der Waals surface area contributed by atoms with E-state index < -0.39 is 5.60 Å². The highest BCUT2D eigenvalue weighted by Crippen LogP contribution is 2.52. The van der Waals surface area contributed by atoms with Gasteiger partial charge in [-0.05, 0) is 87.5 Å². The molecule has 1 aromatic heterocycles. The zero-order valence-corrected chi connectivity index (χ0v) is 34.1. The summed E-state index contributed by atoms with van der Waals surface area (Å²) in [6.07, 6.45) is 0. The van der Waals surface area contributed by atoms with Crippen molar-refractivity contribution in [2.45, 2.75) is 5.60 Å². The van der Waals surface area contributed by atoms with Crippen LogP contribution in [0.1, 0.15) is 16.7 Å². The summed E-state index contributed by atoms with van der Waals surface area (Å²) in [5.41, 5.74) is 13.0. The van der Waals surface area contributed by atoms with E-state index in [0.29, 0.717) is 17.5 Å². The Kier molecular flexibility index (Phi) is 9.55. The maximum absolute atomic E-state index is 13.8. The first-order chi connectivity index (χ1) is 31.1. The van der Waals surface area contributed by atoms with Crippen molar-refractivity contribution in [2.24, 2.45) is 0 Å². The summed E-state index contributed by atoms with van der Waals surface area (Å²) in [6, 6.07) is 77.5. The van der Waals surface area contributed by atoms with Gasteiger partial charge >= 0.3 is 0 Å². The van der Waals surface area contributed by atoms with Crippen LogP contribution in [0, 0.1) is 5.82 Å². The molecule has 0 radical (unpaired) electrons. The fourth-order valence-corrected chi connectivity index (χ4v) is 8.72. The Labute approximate surface area is 365 Å².